The van der Waals surface area contributed by atoms with Crippen LogP contribution in [0.5, 0.6) is 0 Å². The molecule has 0 saturated heterocycles. The number of nitrogens with zero attached hydrogens (tertiary/aromatic N) is 2. The second-order valence-electron chi connectivity index (χ2n) is 5.37. The van der Waals surface area contributed by atoms with E-state index >= 15 is 0 Å². The fraction of sp³-hybridized carbons (Fsp3) is 0.769. The molecule has 2 rings (SSSR count). The number of alkyl halides is 2. The van der Waals surface area contributed by atoms with Gasteiger partial charge in [0.1, 0.15) is 5.82 Å². The minimum Gasteiger partial charge on any atom is -0.338 e. The van der Waals surface area contributed by atoms with Crippen molar-refractivity contribution >= 4 is 0 Å². The molecule has 2 atom stereocenters. The Hall–Kier alpha value is -0.970. The number of aryl methyl sites for hydroxylation is 2. The van der Waals surface area contributed by atoms with Gasteiger partial charge in [0.15, 0.2) is 0 Å². The van der Waals surface area contributed by atoms with Crippen LogP contribution in [-0.2, 0) is 13.5 Å². The smallest absolute Gasteiger partial charge is 0.248 e. The Morgan fingerprint density at radius 1 is 1.61 bits per heavy atom. The Morgan fingerprint density at radius 3 is 3.00 bits per heavy atom. The summed E-state index contributed by atoms with van der Waals surface area (Å²) < 4.78 is 28.6. The first-order chi connectivity index (χ1) is 8.48. The number of nitrogens with two attached hydrogens (primary N) is 1. The molecule has 0 bridgehead atoms. The lowest BCUT2D eigenvalue weighted by molar-refractivity contribution is -0.0565. The molecule has 0 aromatic carbocycles. The molecule has 1 aromatic rings. The molecule has 102 valence electrons. The van der Waals surface area contributed by atoms with E-state index in [2.05, 4.69) is 4.98 Å². The van der Waals surface area contributed by atoms with Crippen molar-refractivity contribution in [2.75, 3.05) is 0 Å². The van der Waals surface area contributed by atoms with Crippen LogP contribution in [0, 0.1) is 5.92 Å². The molecular weight excluding hydrogens is 236 g/mol. The summed E-state index contributed by atoms with van der Waals surface area (Å²) in [7, 11) is 1.93. The molecule has 1 aliphatic carbocycles. The molecule has 0 amide bonds. The van der Waals surface area contributed by atoms with Gasteiger partial charge >= 0.3 is 0 Å². The average molecular weight is 257 g/mol. The molecule has 0 aliphatic heterocycles. The third kappa shape index (κ3) is 3.28. The van der Waals surface area contributed by atoms with Gasteiger partial charge in [-0.15, -0.1) is 0 Å². The lowest BCUT2D eigenvalue weighted by Crippen LogP contribution is -2.38. The van der Waals surface area contributed by atoms with Gasteiger partial charge in [0.2, 0.25) is 5.92 Å². The highest BCUT2D eigenvalue weighted by atomic mass is 19.3. The van der Waals surface area contributed by atoms with E-state index in [1.54, 1.807) is 6.20 Å². The van der Waals surface area contributed by atoms with Gasteiger partial charge in [-0.1, -0.05) is 0 Å². The number of rotatable bonds is 4. The Balaban J connectivity index is 1.84. The highest BCUT2D eigenvalue weighted by Crippen LogP contribution is 2.38. The molecular formula is C13H21F2N3. The van der Waals surface area contributed by atoms with Gasteiger partial charge in [-0.25, -0.2) is 13.8 Å². The first-order valence-corrected chi connectivity index (χ1v) is 6.57. The third-order valence-electron chi connectivity index (χ3n) is 3.91. The normalized spacial score (nSPS) is 25.0. The first-order valence-electron chi connectivity index (χ1n) is 6.57. The second-order valence-corrected chi connectivity index (χ2v) is 5.37. The summed E-state index contributed by atoms with van der Waals surface area (Å²) >= 11 is 0. The molecule has 18 heavy (non-hydrogen) atoms. The van der Waals surface area contributed by atoms with Crippen LogP contribution in [-0.4, -0.2) is 21.5 Å². The molecule has 2 N–H and O–H groups in total. The number of halogens is 2. The van der Waals surface area contributed by atoms with Crippen molar-refractivity contribution in [1.29, 1.82) is 0 Å². The molecule has 1 aromatic heterocycles. The number of aromatic nitrogens is 2. The van der Waals surface area contributed by atoms with E-state index < -0.39 is 5.92 Å². The van der Waals surface area contributed by atoms with Crippen molar-refractivity contribution in [1.82, 2.24) is 9.55 Å². The maximum atomic E-state index is 13.3. The predicted octanol–water partition coefficient (Wildman–Crippen LogP) is 2.51. The van der Waals surface area contributed by atoms with E-state index in [-0.39, 0.29) is 24.8 Å². The molecule has 0 radical (unpaired) electrons. The lowest BCUT2D eigenvalue weighted by Gasteiger charge is -2.32. The Labute approximate surface area is 106 Å². The van der Waals surface area contributed by atoms with Gasteiger partial charge in [-0.2, -0.15) is 0 Å². The fourth-order valence-corrected chi connectivity index (χ4v) is 2.74. The van der Waals surface area contributed by atoms with E-state index in [4.69, 9.17) is 5.73 Å². The summed E-state index contributed by atoms with van der Waals surface area (Å²) in [5.74, 6) is -1.59. The maximum absolute atomic E-state index is 13.3. The van der Waals surface area contributed by atoms with E-state index in [1.165, 1.54) is 0 Å². The van der Waals surface area contributed by atoms with Gasteiger partial charge in [0, 0.05) is 44.7 Å². The Morgan fingerprint density at radius 2 is 2.39 bits per heavy atom. The van der Waals surface area contributed by atoms with Gasteiger partial charge in [0.25, 0.3) is 0 Å². The zero-order valence-electron chi connectivity index (χ0n) is 10.8. The van der Waals surface area contributed by atoms with E-state index in [1.807, 2.05) is 17.8 Å². The van der Waals surface area contributed by atoms with Crippen molar-refractivity contribution in [3.05, 3.63) is 18.2 Å². The number of hydrogen-bond acceptors (Lipinski definition) is 2. The molecule has 2 unspecified atom stereocenters. The van der Waals surface area contributed by atoms with Gasteiger partial charge in [-0.05, 0) is 25.2 Å². The summed E-state index contributed by atoms with van der Waals surface area (Å²) in [5, 5.41) is 0. The van der Waals surface area contributed by atoms with Gasteiger partial charge in [-0.3, -0.25) is 0 Å². The molecule has 3 nitrogen and oxygen atoms in total. The maximum Gasteiger partial charge on any atom is 0.248 e. The second kappa shape index (κ2) is 5.34. The average Bonchev–Trinajstić information content (AvgIpc) is 2.70. The van der Waals surface area contributed by atoms with Crippen LogP contribution in [0.3, 0.4) is 0 Å². The molecule has 1 saturated carbocycles. The van der Waals surface area contributed by atoms with Crippen LogP contribution >= 0.6 is 0 Å². The van der Waals surface area contributed by atoms with Crippen molar-refractivity contribution in [3.63, 3.8) is 0 Å². The minimum absolute atomic E-state index is 0.0234. The zero-order valence-corrected chi connectivity index (χ0v) is 10.8. The third-order valence-corrected chi connectivity index (χ3v) is 3.91. The van der Waals surface area contributed by atoms with Gasteiger partial charge in [0.05, 0.1) is 0 Å². The van der Waals surface area contributed by atoms with Crippen LogP contribution in [0.1, 0.15) is 37.9 Å². The van der Waals surface area contributed by atoms with Crippen LogP contribution < -0.4 is 5.73 Å². The molecule has 1 fully saturated rings. The van der Waals surface area contributed by atoms with E-state index in [0.29, 0.717) is 6.42 Å². The van der Waals surface area contributed by atoms with Gasteiger partial charge < -0.3 is 10.3 Å². The van der Waals surface area contributed by atoms with E-state index in [0.717, 1.165) is 25.1 Å². The first kappa shape index (κ1) is 13.5. The highest BCUT2D eigenvalue weighted by Gasteiger charge is 2.38. The fourth-order valence-electron chi connectivity index (χ4n) is 2.74. The monoisotopic (exact) mass is 257 g/mol. The summed E-state index contributed by atoms with van der Waals surface area (Å²) in [6.07, 6.45) is 6.51. The van der Waals surface area contributed by atoms with Crippen molar-refractivity contribution in [3.8, 4) is 0 Å². The molecule has 1 heterocycles. The predicted molar refractivity (Wildman–Crippen MR) is 66.4 cm³/mol. The Kier molecular flexibility index (Phi) is 4.00. The Bertz CT molecular complexity index is 389. The van der Waals surface area contributed by atoms with Crippen LogP contribution in [0.2, 0.25) is 0 Å². The largest absolute Gasteiger partial charge is 0.338 e. The summed E-state index contributed by atoms with van der Waals surface area (Å²) in [4.78, 5) is 4.22. The summed E-state index contributed by atoms with van der Waals surface area (Å²) in [6.45, 7) is 0. The number of hydrogen-bond donors (Lipinski definition) is 1. The standard InChI is InChI=1S/C13H21F2N3/c1-18-8-7-17-12(18)5-4-11(16)10-3-2-6-13(14,15)9-10/h7-8,10-11H,2-6,9,16H2,1H3. The molecule has 5 heteroatoms. The van der Waals surface area contributed by atoms with Crippen molar-refractivity contribution in [2.45, 2.75) is 50.5 Å². The quantitative estimate of drug-likeness (QED) is 0.900. The highest BCUT2D eigenvalue weighted by molar-refractivity contribution is 4.93. The van der Waals surface area contributed by atoms with E-state index in [9.17, 15) is 8.78 Å². The van der Waals surface area contributed by atoms with Crippen LogP contribution in [0.15, 0.2) is 12.4 Å². The topological polar surface area (TPSA) is 43.8 Å². The van der Waals surface area contributed by atoms with Crippen molar-refractivity contribution in [2.24, 2.45) is 18.7 Å². The molecule has 1 aliphatic rings. The summed E-state index contributed by atoms with van der Waals surface area (Å²) in [5.41, 5.74) is 6.07. The minimum atomic E-state index is -2.51. The lowest BCUT2D eigenvalue weighted by atomic mass is 9.80. The van der Waals surface area contributed by atoms with Crippen LogP contribution in [0.25, 0.3) is 0 Å². The van der Waals surface area contributed by atoms with Crippen LogP contribution in [0.4, 0.5) is 8.78 Å². The van der Waals surface area contributed by atoms with Crippen molar-refractivity contribution < 1.29 is 8.78 Å². The number of imidazole rings is 1. The SMILES string of the molecule is Cn1ccnc1CCC(N)C1CCCC(F)(F)C1. The summed E-state index contributed by atoms with van der Waals surface area (Å²) in [6, 6.07) is -0.145. The molecule has 0 spiro atoms. The zero-order chi connectivity index (χ0) is 13.2.